The number of hydrogen-bond donors (Lipinski definition) is 0. The van der Waals surface area contributed by atoms with E-state index in [4.69, 9.17) is 4.74 Å². The van der Waals surface area contributed by atoms with E-state index in [1.165, 1.54) is 19.3 Å². The number of ether oxygens (including phenoxy) is 1. The third-order valence-electron chi connectivity index (χ3n) is 6.08. The third-order valence-corrected chi connectivity index (χ3v) is 6.08. The molecule has 1 heterocycles. The third kappa shape index (κ3) is 8.17. The van der Waals surface area contributed by atoms with E-state index >= 15 is 0 Å². The van der Waals surface area contributed by atoms with Crippen molar-refractivity contribution < 1.29 is 9.53 Å². The van der Waals surface area contributed by atoms with Crippen LogP contribution in [0.5, 0.6) is 0 Å². The highest BCUT2D eigenvalue weighted by Crippen LogP contribution is 2.42. The van der Waals surface area contributed by atoms with E-state index in [-0.39, 0.29) is 11.9 Å². The summed E-state index contributed by atoms with van der Waals surface area (Å²) in [5.41, 5.74) is 0.580. The molecule has 0 spiro atoms. The summed E-state index contributed by atoms with van der Waals surface area (Å²) in [4.78, 5) is 14.7. The molecule has 0 N–H and O–H groups in total. The molecule has 3 atom stereocenters. The van der Waals surface area contributed by atoms with Crippen molar-refractivity contribution in [2.24, 2.45) is 17.8 Å². The second kappa shape index (κ2) is 13.1. The minimum Gasteiger partial charge on any atom is -0.451 e. The number of rotatable bonds is 13. The highest BCUT2D eigenvalue weighted by atomic mass is 16.6. The summed E-state index contributed by atoms with van der Waals surface area (Å²) in [6.45, 7) is 18.4. The van der Waals surface area contributed by atoms with Crippen LogP contribution in [-0.4, -0.2) is 36.1 Å². The lowest BCUT2D eigenvalue weighted by Gasteiger charge is -2.35. The van der Waals surface area contributed by atoms with Crippen LogP contribution in [0, 0.1) is 29.6 Å². The predicted octanol–water partition coefficient (Wildman–Crippen LogP) is 6.23. The summed E-state index contributed by atoms with van der Waals surface area (Å²) in [7, 11) is 0. The van der Waals surface area contributed by atoms with Crippen LogP contribution < -0.4 is 0 Å². The van der Waals surface area contributed by atoms with Gasteiger partial charge in [-0.1, -0.05) is 72.6 Å². The van der Waals surface area contributed by atoms with E-state index in [1.54, 1.807) is 6.08 Å². The molecular weight excluding hydrogens is 358 g/mol. The van der Waals surface area contributed by atoms with Gasteiger partial charge in [0, 0.05) is 12.0 Å². The summed E-state index contributed by atoms with van der Waals surface area (Å²) in [5.74, 6) is 7.72. The molecule has 0 aromatic rings. The summed E-state index contributed by atoms with van der Waals surface area (Å²) in [5, 5.41) is 0. The number of cyclic esters (lactones) is 1. The summed E-state index contributed by atoms with van der Waals surface area (Å²) < 4.78 is 5.91. The molecule has 0 saturated heterocycles. The van der Waals surface area contributed by atoms with Crippen molar-refractivity contribution in [1.29, 1.82) is 0 Å². The van der Waals surface area contributed by atoms with Gasteiger partial charge >= 0.3 is 5.97 Å². The smallest absolute Gasteiger partial charge is 0.331 e. The zero-order valence-electron chi connectivity index (χ0n) is 20.1. The van der Waals surface area contributed by atoms with E-state index in [2.05, 4.69) is 65.2 Å². The Morgan fingerprint density at radius 1 is 1.07 bits per heavy atom. The molecular formula is C26H45NO2. The maximum atomic E-state index is 12.3. The first kappa shape index (κ1) is 25.8. The number of unbranched alkanes of at least 4 members (excludes halogenated alkanes) is 2. The molecule has 2 unspecified atom stereocenters. The lowest BCUT2D eigenvalue weighted by molar-refractivity contribution is -0.148. The SMILES string of the molecule is CCCCCC(C)[C@@]1(C)OC(=O)C=C1C(C#CCN(CCC)CCC)CC(C)C. The predicted molar refractivity (Wildman–Crippen MR) is 124 cm³/mol. The Hall–Kier alpha value is -1.27. The van der Waals surface area contributed by atoms with Crippen molar-refractivity contribution in [2.75, 3.05) is 19.6 Å². The fourth-order valence-corrected chi connectivity index (χ4v) is 4.29. The minimum absolute atomic E-state index is 0.0881. The van der Waals surface area contributed by atoms with Crippen molar-refractivity contribution in [2.45, 2.75) is 99.0 Å². The number of hydrogen-bond acceptors (Lipinski definition) is 3. The van der Waals surface area contributed by atoms with E-state index in [0.717, 1.165) is 50.9 Å². The molecule has 0 aliphatic carbocycles. The van der Waals surface area contributed by atoms with Gasteiger partial charge in [0.2, 0.25) is 0 Å². The van der Waals surface area contributed by atoms with Gasteiger partial charge in [0.1, 0.15) is 5.60 Å². The summed E-state index contributed by atoms with van der Waals surface area (Å²) >= 11 is 0. The molecule has 166 valence electrons. The van der Waals surface area contributed by atoms with E-state index in [9.17, 15) is 4.79 Å². The molecule has 0 saturated carbocycles. The number of carbonyl (C=O) groups is 1. The fourth-order valence-electron chi connectivity index (χ4n) is 4.29. The van der Waals surface area contributed by atoms with Crippen LogP contribution in [0.1, 0.15) is 93.4 Å². The maximum absolute atomic E-state index is 12.3. The molecule has 0 amide bonds. The van der Waals surface area contributed by atoms with Gasteiger partial charge in [0.05, 0.1) is 6.54 Å². The average Bonchev–Trinajstić information content (AvgIpc) is 2.96. The van der Waals surface area contributed by atoms with Crippen LogP contribution in [-0.2, 0) is 9.53 Å². The first-order valence-corrected chi connectivity index (χ1v) is 11.9. The van der Waals surface area contributed by atoms with Gasteiger partial charge in [-0.05, 0) is 63.1 Å². The van der Waals surface area contributed by atoms with E-state index in [1.807, 2.05) is 0 Å². The van der Waals surface area contributed by atoms with Gasteiger partial charge in [-0.25, -0.2) is 4.79 Å². The summed E-state index contributed by atoms with van der Waals surface area (Å²) in [6.07, 6.45) is 9.71. The van der Waals surface area contributed by atoms with Crippen molar-refractivity contribution in [3.63, 3.8) is 0 Å². The Morgan fingerprint density at radius 3 is 2.28 bits per heavy atom. The van der Waals surface area contributed by atoms with Crippen molar-refractivity contribution >= 4 is 5.97 Å². The quantitative estimate of drug-likeness (QED) is 0.207. The van der Waals surface area contributed by atoms with Gasteiger partial charge in [-0.3, -0.25) is 4.90 Å². The van der Waals surface area contributed by atoms with Gasteiger partial charge in [0.15, 0.2) is 0 Å². The Balaban J connectivity index is 3.03. The van der Waals surface area contributed by atoms with Crippen LogP contribution in [0.3, 0.4) is 0 Å². The average molecular weight is 404 g/mol. The number of carbonyl (C=O) groups excluding carboxylic acids is 1. The van der Waals surface area contributed by atoms with Gasteiger partial charge < -0.3 is 4.74 Å². The fraction of sp³-hybridized carbons (Fsp3) is 0.808. The first-order valence-electron chi connectivity index (χ1n) is 11.9. The van der Waals surface area contributed by atoms with Gasteiger partial charge in [-0.15, -0.1) is 0 Å². The highest BCUT2D eigenvalue weighted by Gasteiger charge is 2.45. The number of nitrogens with zero attached hydrogens (tertiary/aromatic N) is 1. The van der Waals surface area contributed by atoms with E-state index in [0.29, 0.717) is 11.8 Å². The molecule has 3 nitrogen and oxygen atoms in total. The Morgan fingerprint density at radius 2 is 1.72 bits per heavy atom. The second-order valence-electron chi connectivity index (χ2n) is 9.30. The Bertz CT molecular complexity index is 577. The van der Waals surface area contributed by atoms with Crippen LogP contribution >= 0.6 is 0 Å². The molecule has 1 aliphatic heterocycles. The number of esters is 1. The zero-order valence-corrected chi connectivity index (χ0v) is 20.1. The minimum atomic E-state index is -0.522. The van der Waals surface area contributed by atoms with Crippen molar-refractivity contribution in [1.82, 2.24) is 4.90 Å². The van der Waals surface area contributed by atoms with Crippen LogP contribution in [0.4, 0.5) is 0 Å². The zero-order chi connectivity index (χ0) is 21.9. The first-order chi connectivity index (χ1) is 13.8. The van der Waals surface area contributed by atoms with Gasteiger partial charge in [0.25, 0.3) is 0 Å². The van der Waals surface area contributed by atoms with Crippen molar-refractivity contribution in [3.05, 3.63) is 11.6 Å². The molecule has 1 aliphatic rings. The largest absolute Gasteiger partial charge is 0.451 e. The second-order valence-corrected chi connectivity index (χ2v) is 9.30. The molecule has 3 heteroatoms. The van der Waals surface area contributed by atoms with Crippen LogP contribution in [0.25, 0.3) is 0 Å². The molecule has 0 aromatic heterocycles. The molecule has 1 rings (SSSR count). The van der Waals surface area contributed by atoms with Crippen LogP contribution in [0.2, 0.25) is 0 Å². The van der Waals surface area contributed by atoms with E-state index < -0.39 is 5.60 Å². The lowest BCUT2D eigenvalue weighted by atomic mass is 9.74. The maximum Gasteiger partial charge on any atom is 0.331 e. The molecule has 0 aromatic carbocycles. The summed E-state index contributed by atoms with van der Waals surface area (Å²) in [6, 6.07) is 0. The standard InChI is InChI=1S/C26H45NO2/c1-8-11-12-14-22(6)26(7)24(20-25(28)29-26)23(19-21(4)5)15-13-18-27(16-9-2)17-10-3/h20-23H,8-12,14,16-19H2,1-7H3/t22?,23?,26-/m1/s1. The normalized spacial score (nSPS) is 21.0. The molecule has 0 fully saturated rings. The highest BCUT2D eigenvalue weighted by molar-refractivity contribution is 5.87. The molecule has 0 bridgehead atoms. The van der Waals surface area contributed by atoms with Gasteiger partial charge in [-0.2, -0.15) is 0 Å². The molecule has 29 heavy (non-hydrogen) atoms. The molecule has 0 radical (unpaired) electrons. The Kier molecular flexibility index (Phi) is 11.7. The van der Waals surface area contributed by atoms with Crippen LogP contribution in [0.15, 0.2) is 11.6 Å². The van der Waals surface area contributed by atoms with Crippen molar-refractivity contribution in [3.8, 4) is 11.8 Å². The lowest BCUT2D eigenvalue weighted by Crippen LogP contribution is -2.38. The Labute approximate surface area is 180 Å². The monoisotopic (exact) mass is 403 g/mol. The topological polar surface area (TPSA) is 29.5 Å².